The molecule has 19 heavy (non-hydrogen) atoms. The molecule has 3 nitrogen and oxygen atoms in total. The molecule has 2 aromatic rings. The Labute approximate surface area is 117 Å². The summed E-state index contributed by atoms with van der Waals surface area (Å²) < 4.78 is 5.31. The van der Waals surface area contributed by atoms with Gasteiger partial charge in [-0.3, -0.25) is 0 Å². The van der Waals surface area contributed by atoms with E-state index in [4.69, 9.17) is 4.74 Å². The molecule has 0 spiro atoms. The minimum absolute atomic E-state index is 0.547. The smallest absolute Gasteiger partial charge is 0.134 e. The lowest BCUT2D eigenvalue weighted by Gasteiger charge is -2.23. The summed E-state index contributed by atoms with van der Waals surface area (Å²) in [7, 11) is 1.70. The highest BCUT2D eigenvalue weighted by molar-refractivity contribution is 7.99. The number of pyridine rings is 1. The third-order valence-corrected chi connectivity index (χ3v) is 4.58. The average Bonchev–Trinajstić information content (AvgIpc) is 2.48. The van der Waals surface area contributed by atoms with Gasteiger partial charge in [0.15, 0.2) is 0 Å². The van der Waals surface area contributed by atoms with E-state index in [2.05, 4.69) is 22.4 Å². The Morgan fingerprint density at radius 1 is 1.26 bits per heavy atom. The fraction of sp³-hybridized carbons (Fsp3) is 0.400. The molecule has 1 fully saturated rings. The van der Waals surface area contributed by atoms with Crippen molar-refractivity contribution in [1.29, 1.82) is 0 Å². The Morgan fingerprint density at radius 3 is 2.89 bits per heavy atom. The van der Waals surface area contributed by atoms with Crippen LogP contribution in [0.3, 0.4) is 0 Å². The Morgan fingerprint density at radius 2 is 2.11 bits per heavy atom. The molecule has 1 saturated heterocycles. The normalized spacial score (nSPS) is 16.5. The lowest BCUT2D eigenvalue weighted by Crippen LogP contribution is -2.25. The number of nitrogens with zero attached hydrogens (tertiary/aromatic N) is 1. The van der Waals surface area contributed by atoms with Crippen LogP contribution >= 0.6 is 11.8 Å². The predicted octanol–water partition coefficient (Wildman–Crippen LogP) is 3.55. The molecule has 0 aliphatic carbocycles. The summed E-state index contributed by atoms with van der Waals surface area (Å²) in [4.78, 5) is 4.50. The number of thioether (sulfide) groups is 1. The fourth-order valence-corrected chi connectivity index (χ4v) is 3.53. The van der Waals surface area contributed by atoms with Crippen molar-refractivity contribution in [1.82, 2.24) is 4.98 Å². The van der Waals surface area contributed by atoms with Gasteiger partial charge >= 0.3 is 0 Å². The molecule has 0 amide bonds. The van der Waals surface area contributed by atoms with Crippen LogP contribution in [0.15, 0.2) is 30.5 Å². The van der Waals surface area contributed by atoms with Crippen molar-refractivity contribution in [2.75, 3.05) is 23.9 Å². The van der Waals surface area contributed by atoms with Gasteiger partial charge in [-0.2, -0.15) is 11.8 Å². The highest BCUT2D eigenvalue weighted by Gasteiger charge is 2.15. The van der Waals surface area contributed by atoms with Gasteiger partial charge in [-0.05, 0) is 47.9 Å². The number of hydrogen-bond acceptors (Lipinski definition) is 4. The van der Waals surface area contributed by atoms with E-state index in [-0.39, 0.29) is 0 Å². The number of rotatable bonds is 3. The van der Waals surface area contributed by atoms with Crippen molar-refractivity contribution in [2.24, 2.45) is 0 Å². The predicted molar refractivity (Wildman–Crippen MR) is 82.3 cm³/mol. The van der Waals surface area contributed by atoms with Crippen molar-refractivity contribution in [2.45, 2.75) is 18.9 Å². The van der Waals surface area contributed by atoms with Crippen LogP contribution in [0.4, 0.5) is 5.82 Å². The Bertz CT molecular complexity index is 567. The van der Waals surface area contributed by atoms with Crippen LogP contribution in [-0.2, 0) is 0 Å². The first kappa shape index (κ1) is 12.6. The van der Waals surface area contributed by atoms with Gasteiger partial charge in [0.1, 0.15) is 11.6 Å². The van der Waals surface area contributed by atoms with Gasteiger partial charge in [0.25, 0.3) is 0 Å². The van der Waals surface area contributed by atoms with E-state index >= 15 is 0 Å². The molecule has 0 bridgehead atoms. The molecule has 4 heteroatoms. The average molecular weight is 274 g/mol. The van der Waals surface area contributed by atoms with Gasteiger partial charge in [0.05, 0.1) is 7.11 Å². The molecule has 3 rings (SSSR count). The van der Waals surface area contributed by atoms with Crippen LogP contribution in [0.2, 0.25) is 0 Å². The molecule has 1 aromatic heterocycles. The highest BCUT2D eigenvalue weighted by atomic mass is 32.2. The molecule has 100 valence electrons. The molecule has 1 aliphatic rings. The number of hydrogen-bond donors (Lipinski definition) is 1. The maximum absolute atomic E-state index is 5.31. The molecule has 2 heterocycles. The van der Waals surface area contributed by atoms with Crippen LogP contribution in [0.5, 0.6) is 5.75 Å². The number of fused-ring (bicyclic) bond motifs is 1. The maximum atomic E-state index is 5.31. The lowest BCUT2D eigenvalue weighted by atomic mass is 10.1. The summed E-state index contributed by atoms with van der Waals surface area (Å²) >= 11 is 2.04. The molecule has 0 saturated carbocycles. The van der Waals surface area contributed by atoms with Crippen molar-refractivity contribution in [3.05, 3.63) is 30.5 Å². The lowest BCUT2D eigenvalue weighted by molar-refractivity contribution is 0.415. The van der Waals surface area contributed by atoms with E-state index in [0.717, 1.165) is 17.0 Å². The largest absolute Gasteiger partial charge is 0.497 e. The van der Waals surface area contributed by atoms with Gasteiger partial charge in [-0.15, -0.1) is 0 Å². The fourth-order valence-electron chi connectivity index (χ4n) is 2.42. The van der Waals surface area contributed by atoms with E-state index in [1.165, 1.54) is 29.7 Å². The number of benzene rings is 1. The Balaban J connectivity index is 1.92. The van der Waals surface area contributed by atoms with E-state index in [1.807, 2.05) is 30.1 Å². The van der Waals surface area contributed by atoms with Gasteiger partial charge in [0, 0.05) is 17.6 Å². The van der Waals surface area contributed by atoms with E-state index in [1.54, 1.807) is 7.11 Å². The van der Waals surface area contributed by atoms with Crippen LogP contribution in [0, 0.1) is 0 Å². The second-order valence-corrected chi connectivity index (χ2v) is 6.00. The van der Waals surface area contributed by atoms with Crippen molar-refractivity contribution < 1.29 is 4.74 Å². The minimum Gasteiger partial charge on any atom is -0.497 e. The molecule has 0 atom stereocenters. The molecule has 1 N–H and O–H groups in total. The van der Waals surface area contributed by atoms with Crippen molar-refractivity contribution in [3.8, 4) is 5.75 Å². The molecule has 0 unspecified atom stereocenters. The zero-order chi connectivity index (χ0) is 13.1. The highest BCUT2D eigenvalue weighted by Crippen LogP contribution is 2.28. The quantitative estimate of drug-likeness (QED) is 0.928. The number of aromatic nitrogens is 1. The van der Waals surface area contributed by atoms with Gasteiger partial charge in [-0.1, -0.05) is 6.07 Å². The molecule has 1 aliphatic heterocycles. The molecule has 1 aromatic carbocycles. The monoisotopic (exact) mass is 274 g/mol. The van der Waals surface area contributed by atoms with Crippen LogP contribution < -0.4 is 10.1 Å². The second-order valence-electron chi connectivity index (χ2n) is 4.78. The first-order valence-electron chi connectivity index (χ1n) is 6.64. The van der Waals surface area contributed by atoms with Crippen LogP contribution in [-0.4, -0.2) is 29.6 Å². The first-order valence-corrected chi connectivity index (χ1v) is 7.79. The first-order chi connectivity index (χ1) is 9.36. The third-order valence-electron chi connectivity index (χ3n) is 3.54. The van der Waals surface area contributed by atoms with Crippen molar-refractivity contribution in [3.63, 3.8) is 0 Å². The second kappa shape index (κ2) is 5.70. The number of ether oxygens (including phenoxy) is 1. The molecular weight excluding hydrogens is 256 g/mol. The Hall–Kier alpha value is -1.42. The van der Waals surface area contributed by atoms with Crippen LogP contribution in [0.25, 0.3) is 10.8 Å². The topological polar surface area (TPSA) is 34.1 Å². The zero-order valence-electron chi connectivity index (χ0n) is 11.1. The standard InChI is InChI=1S/C15H18N2OS/c1-18-13-3-2-11-4-7-16-15(14(11)10-13)17-12-5-8-19-9-6-12/h2-4,7,10,12H,5-6,8-9H2,1H3,(H,16,17). The van der Waals surface area contributed by atoms with Gasteiger partial charge in [0.2, 0.25) is 0 Å². The maximum Gasteiger partial charge on any atom is 0.134 e. The number of nitrogens with one attached hydrogen (secondary N) is 1. The number of methoxy groups -OCH3 is 1. The summed E-state index contributed by atoms with van der Waals surface area (Å²) in [5.41, 5.74) is 0. The summed E-state index contributed by atoms with van der Waals surface area (Å²) in [6.07, 6.45) is 4.30. The molecule has 0 radical (unpaired) electrons. The summed E-state index contributed by atoms with van der Waals surface area (Å²) in [6.45, 7) is 0. The zero-order valence-corrected chi connectivity index (χ0v) is 11.9. The SMILES string of the molecule is COc1ccc2ccnc(NC3CCSCC3)c2c1. The van der Waals surface area contributed by atoms with Crippen molar-refractivity contribution >= 4 is 28.4 Å². The molecular formula is C15H18N2OS. The summed E-state index contributed by atoms with van der Waals surface area (Å²) in [5, 5.41) is 5.93. The summed E-state index contributed by atoms with van der Waals surface area (Å²) in [5.74, 6) is 4.34. The van der Waals surface area contributed by atoms with E-state index < -0.39 is 0 Å². The summed E-state index contributed by atoms with van der Waals surface area (Å²) in [6, 6.07) is 8.71. The van der Waals surface area contributed by atoms with E-state index in [0.29, 0.717) is 6.04 Å². The third kappa shape index (κ3) is 2.78. The number of anilines is 1. The minimum atomic E-state index is 0.547. The van der Waals surface area contributed by atoms with E-state index in [9.17, 15) is 0 Å². The van der Waals surface area contributed by atoms with Crippen LogP contribution in [0.1, 0.15) is 12.8 Å². The van der Waals surface area contributed by atoms with Gasteiger partial charge in [-0.25, -0.2) is 4.98 Å². The van der Waals surface area contributed by atoms with Gasteiger partial charge < -0.3 is 10.1 Å². The Kier molecular flexibility index (Phi) is 3.78.